The number of alkyl halides is 3. The lowest BCUT2D eigenvalue weighted by Crippen LogP contribution is -2.21. The van der Waals surface area contributed by atoms with Crippen molar-refractivity contribution in [3.63, 3.8) is 0 Å². The van der Waals surface area contributed by atoms with E-state index in [1.807, 2.05) is 20.8 Å². The summed E-state index contributed by atoms with van der Waals surface area (Å²) in [5.41, 5.74) is 0. The zero-order valence-corrected chi connectivity index (χ0v) is 12.0. The van der Waals surface area contributed by atoms with Crippen molar-refractivity contribution in [2.45, 2.75) is 52.3 Å². The third-order valence-corrected chi connectivity index (χ3v) is 2.87. The lowest BCUT2D eigenvalue weighted by molar-refractivity contribution is -0.144. The van der Waals surface area contributed by atoms with Gasteiger partial charge in [-0.1, -0.05) is 20.8 Å². The van der Waals surface area contributed by atoms with Crippen LogP contribution in [0.4, 0.5) is 24.8 Å². The molecule has 0 spiro atoms. The summed E-state index contributed by atoms with van der Waals surface area (Å²) in [6.45, 7) is 6.45. The molecule has 0 atom stereocenters. The number of aromatic nitrogens is 2. The zero-order chi connectivity index (χ0) is 15.2. The van der Waals surface area contributed by atoms with Gasteiger partial charge < -0.3 is 10.6 Å². The van der Waals surface area contributed by atoms with E-state index >= 15 is 0 Å². The number of rotatable bonds is 7. The van der Waals surface area contributed by atoms with E-state index in [2.05, 4.69) is 20.6 Å². The van der Waals surface area contributed by atoms with Crippen molar-refractivity contribution in [1.29, 1.82) is 0 Å². The Morgan fingerprint density at radius 2 is 1.70 bits per heavy atom. The third kappa shape index (κ3) is 4.86. The molecule has 0 radical (unpaired) electrons. The van der Waals surface area contributed by atoms with Crippen molar-refractivity contribution in [3.05, 3.63) is 11.9 Å². The Morgan fingerprint density at radius 3 is 2.20 bits per heavy atom. The summed E-state index contributed by atoms with van der Waals surface area (Å²) >= 11 is 0. The fourth-order valence-corrected chi connectivity index (χ4v) is 1.69. The average molecular weight is 290 g/mol. The molecule has 0 fully saturated rings. The Kier molecular flexibility index (Phi) is 6.04. The highest BCUT2D eigenvalue weighted by atomic mass is 19.4. The van der Waals surface area contributed by atoms with E-state index in [0.717, 1.165) is 19.3 Å². The van der Waals surface area contributed by atoms with Crippen LogP contribution < -0.4 is 10.6 Å². The number of hydrogen-bond acceptors (Lipinski definition) is 4. The van der Waals surface area contributed by atoms with E-state index in [1.165, 1.54) is 6.07 Å². The molecular weight excluding hydrogens is 269 g/mol. The molecule has 1 heterocycles. The highest BCUT2D eigenvalue weighted by molar-refractivity contribution is 5.48. The predicted octanol–water partition coefficient (Wildman–Crippen LogP) is 3.92. The van der Waals surface area contributed by atoms with Crippen molar-refractivity contribution < 1.29 is 13.2 Å². The van der Waals surface area contributed by atoms with Gasteiger partial charge in [0, 0.05) is 18.7 Å². The lowest BCUT2D eigenvalue weighted by atomic mass is 10.2. The van der Waals surface area contributed by atoms with Gasteiger partial charge in [0.15, 0.2) is 0 Å². The monoisotopic (exact) mass is 290 g/mol. The molecule has 7 heteroatoms. The molecule has 4 nitrogen and oxygen atoms in total. The second-order valence-corrected chi connectivity index (χ2v) is 4.54. The molecule has 0 aliphatic carbocycles. The van der Waals surface area contributed by atoms with Gasteiger partial charge in [-0.2, -0.15) is 13.2 Å². The van der Waals surface area contributed by atoms with Crippen LogP contribution in [0, 0.1) is 0 Å². The van der Waals surface area contributed by atoms with Gasteiger partial charge in [-0.05, 0) is 19.3 Å². The molecule has 0 aliphatic heterocycles. The van der Waals surface area contributed by atoms with Gasteiger partial charge in [-0.3, -0.25) is 0 Å². The minimum absolute atomic E-state index is 0.102. The minimum Gasteiger partial charge on any atom is -0.370 e. The molecule has 20 heavy (non-hydrogen) atoms. The van der Waals surface area contributed by atoms with Gasteiger partial charge in [0.05, 0.1) is 0 Å². The first kappa shape index (κ1) is 16.5. The van der Waals surface area contributed by atoms with Crippen molar-refractivity contribution in [3.8, 4) is 0 Å². The van der Waals surface area contributed by atoms with Crippen LogP contribution in [0.25, 0.3) is 0 Å². The molecule has 1 aromatic heterocycles. The van der Waals surface area contributed by atoms with Gasteiger partial charge in [0.25, 0.3) is 0 Å². The first-order valence-corrected chi connectivity index (χ1v) is 6.87. The van der Waals surface area contributed by atoms with Crippen LogP contribution in [-0.2, 0) is 6.18 Å². The lowest BCUT2D eigenvalue weighted by Gasteiger charge is -2.17. The number of halogens is 3. The largest absolute Gasteiger partial charge is 0.451 e. The van der Waals surface area contributed by atoms with Crippen molar-refractivity contribution in [2.75, 3.05) is 17.2 Å². The van der Waals surface area contributed by atoms with Crippen LogP contribution in [0.1, 0.15) is 45.9 Å². The summed E-state index contributed by atoms with van der Waals surface area (Å²) in [4.78, 5) is 7.08. The van der Waals surface area contributed by atoms with Crippen molar-refractivity contribution in [1.82, 2.24) is 9.97 Å². The SMILES string of the molecule is CCCNc1cc(NC(CC)CC)nc(C(F)(F)F)n1. The first-order valence-electron chi connectivity index (χ1n) is 6.87. The first-order chi connectivity index (χ1) is 9.40. The van der Waals surface area contributed by atoms with Crippen molar-refractivity contribution in [2.24, 2.45) is 0 Å². The van der Waals surface area contributed by atoms with E-state index in [0.29, 0.717) is 6.54 Å². The van der Waals surface area contributed by atoms with Crippen LogP contribution in [0.5, 0.6) is 0 Å². The summed E-state index contributed by atoms with van der Waals surface area (Å²) in [5, 5.41) is 5.88. The molecule has 114 valence electrons. The van der Waals surface area contributed by atoms with Crippen LogP contribution >= 0.6 is 0 Å². The average Bonchev–Trinajstić information content (AvgIpc) is 2.41. The maximum Gasteiger partial charge on any atom is 0.451 e. The number of hydrogen-bond donors (Lipinski definition) is 2. The number of nitrogens with zero attached hydrogens (tertiary/aromatic N) is 2. The second kappa shape index (κ2) is 7.31. The molecule has 2 N–H and O–H groups in total. The maximum absolute atomic E-state index is 12.8. The van der Waals surface area contributed by atoms with Gasteiger partial charge >= 0.3 is 6.18 Å². The molecule has 1 aromatic rings. The minimum atomic E-state index is -4.55. The highest BCUT2D eigenvalue weighted by Crippen LogP contribution is 2.28. The predicted molar refractivity (Wildman–Crippen MR) is 73.8 cm³/mol. The van der Waals surface area contributed by atoms with Crippen LogP contribution in [0.3, 0.4) is 0 Å². The second-order valence-electron chi connectivity index (χ2n) is 4.54. The molecule has 0 aliphatic rings. The Labute approximate surface area is 117 Å². The quantitative estimate of drug-likeness (QED) is 0.799. The van der Waals surface area contributed by atoms with E-state index in [4.69, 9.17) is 0 Å². The van der Waals surface area contributed by atoms with Crippen LogP contribution in [0.2, 0.25) is 0 Å². The summed E-state index contributed by atoms with van der Waals surface area (Å²) in [6, 6.07) is 1.62. The molecular formula is C13H21F3N4. The molecule has 0 unspecified atom stereocenters. The van der Waals surface area contributed by atoms with E-state index < -0.39 is 12.0 Å². The molecule has 0 saturated carbocycles. The fraction of sp³-hybridized carbons (Fsp3) is 0.692. The summed E-state index contributed by atoms with van der Waals surface area (Å²) < 4.78 is 38.4. The normalized spacial score (nSPS) is 11.8. The zero-order valence-electron chi connectivity index (χ0n) is 12.0. The van der Waals surface area contributed by atoms with E-state index in [1.54, 1.807) is 0 Å². The third-order valence-electron chi connectivity index (χ3n) is 2.87. The van der Waals surface area contributed by atoms with E-state index in [-0.39, 0.29) is 17.7 Å². The molecule has 0 bridgehead atoms. The van der Waals surface area contributed by atoms with E-state index in [9.17, 15) is 13.2 Å². The summed E-state index contributed by atoms with van der Waals surface area (Å²) in [5.74, 6) is -0.714. The molecule has 1 rings (SSSR count). The van der Waals surface area contributed by atoms with Crippen LogP contribution in [-0.4, -0.2) is 22.6 Å². The topological polar surface area (TPSA) is 49.8 Å². The van der Waals surface area contributed by atoms with Gasteiger partial charge in [0.2, 0.25) is 5.82 Å². The molecule has 0 amide bonds. The molecule has 0 saturated heterocycles. The Morgan fingerprint density at radius 1 is 1.10 bits per heavy atom. The number of anilines is 2. The Hall–Kier alpha value is -1.53. The smallest absolute Gasteiger partial charge is 0.370 e. The Balaban J connectivity index is 3.03. The Bertz CT molecular complexity index is 417. The summed E-state index contributed by atoms with van der Waals surface area (Å²) in [7, 11) is 0. The standard InChI is InChI=1S/C13H21F3N4/c1-4-7-17-10-8-11(18-9(5-2)6-3)20-12(19-10)13(14,15)16/h8-9H,4-7H2,1-3H3,(H2,17,18,19,20). The number of nitrogens with one attached hydrogen (secondary N) is 2. The maximum atomic E-state index is 12.8. The van der Waals surface area contributed by atoms with Gasteiger partial charge in [-0.25, -0.2) is 9.97 Å². The fourth-order valence-electron chi connectivity index (χ4n) is 1.69. The van der Waals surface area contributed by atoms with Gasteiger partial charge in [0.1, 0.15) is 11.6 Å². The van der Waals surface area contributed by atoms with Crippen LogP contribution in [0.15, 0.2) is 6.07 Å². The highest BCUT2D eigenvalue weighted by Gasteiger charge is 2.35. The van der Waals surface area contributed by atoms with Crippen molar-refractivity contribution >= 4 is 11.6 Å². The summed E-state index contributed by atoms with van der Waals surface area (Å²) in [6.07, 6.45) is -2.10. The van der Waals surface area contributed by atoms with Gasteiger partial charge in [-0.15, -0.1) is 0 Å². The molecule has 0 aromatic carbocycles.